The quantitative estimate of drug-likeness (QED) is 0.635. The molecule has 0 aromatic heterocycles. The lowest BCUT2D eigenvalue weighted by Gasteiger charge is -2.11. The highest BCUT2D eigenvalue weighted by atomic mass is 19.4. The molecular weight excluding hydrogens is 331 g/mol. The van der Waals surface area contributed by atoms with Crippen LogP contribution in [0.25, 0.3) is 0 Å². The molecule has 0 aliphatic carbocycles. The molecule has 0 aliphatic rings. The Morgan fingerprint density at radius 3 is 2.32 bits per heavy atom. The molecule has 0 saturated heterocycles. The van der Waals surface area contributed by atoms with E-state index < -0.39 is 11.7 Å². The van der Waals surface area contributed by atoms with Crippen LogP contribution in [0.4, 0.5) is 24.5 Å². The molecule has 0 saturated carbocycles. The highest BCUT2D eigenvalue weighted by Gasteiger charge is 2.30. The standard InChI is InChI=1S/C18H20F3N3O/c19-18(20,21)14-6-4-9-16(12-14)24-13-17(25)23-11-5-10-22-15-7-2-1-3-8-15/h1-4,6-9,12,22,24H,5,10-11,13H2,(H,23,25). The van der Waals surface area contributed by atoms with Crippen LogP contribution in [-0.2, 0) is 11.0 Å². The van der Waals surface area contributed by atoms with Gasteiger partial charge in [-0.15, -0.1) is 0 Å². The molecule has 2 aromatic rings. The van der Waals surface area contributed by atoms with Crippen LogP contribution in [0.2, 0.25) is 0 Å². The monoisotopic (exact) mass is 351 g/mol. The molecule has 2 aromatic carbocycles. The Morgan fingerprint density at radius 1 is 0.880 bits per heavy atom. The van der Waals surface area contributed by atoms with Crippen LogP contribution in [0.5, 0.6) is 0 Å². The van der Waals surface area contributed by atoms with Crippen LogP contribution in [-0.4, -0.2) is 25.5 Å². The molecule has 134 valence electrons. The van der Waals surface area contributed by atoms with Gasteiger partial charge in [-0.25, -0.2) is 0 Å². The van der Waals surface area contributed by atoms with Crippen molar-refractivity contribution >= 4 is 17.3 Å². The van der Waals surface area contributed by atoms with Gasteiger partial charge in [0.1, 0.15) is 0 Å². The molecule has 0 radical (unpaired) electrons. The van der Waals surface area contributed by atoms with Gasteiger partial charge in [0.15, 0.2) is 0 Å². The Bertz CT molecular complexity index is 675. The summed E-state index contributed by atoms with van der Waals surface area (Å²) in [6, 6.07) is 14.5. The third-order valence-corrected chi connectivity index (χ3v) is 3.42. The molecule has 2 rings (SSSR count). The minimum Gasteiger partial charge on any atom is -0.385 e. The van der Waals surface area contributed by atoms with Crippen LogP contribution < -0.4 is 16.0 Å². The molecule has 25 heavy (non-hydrogen) atoms. The van der Waals surface area contributed by atoms with E-state index in [2.05, 4.69) is 16.0 Å². The third kappa shape index (κ3) is 6.74. The van der Waals surface area contributed by atoms with Gasteiger partial charge in [0.25, 0.3) is 0 Å². The van der Waals surface area contributed by atoms with Crippen molar-refractivity contribution in [1.82, 2.24) is 5.32 Å². The first-order chi connectivity index (χ1) is 11.9. The molecular formula is C18H20F3N3O. The maximum atomic E-state index is 12.6. The number of carbonyl (C=O) groups is 1. The molecule has 0 heterocycles. The molecule has 0 unspecified atom stereocenters. The molecule has 1 amide bonds. The largest absolute Gasteiger partial charge is 0.416 e. The second-order valence-corrected chi connectivity index (χ2v) is 5.43. The maximum Gasteiger partial charge on any atom is 0.416 e. The van der Waals surface area contributed by atoms with Crippen LogP contribution >= 0.6 is 0 Å². The number of hydrogen-bond acceptors (Lipinski definition) is 3. The summed E-state index contributed by atoms with van der Waals surface area (Å²) < 4.78 is 37.8. The van der Waals surface area contributed by atoms with Gasteiger partial charge in [0, 0.05) is 24.5 Å². The summed E-state index contributed by atoms with van der Waals surface area (Å²) in [7, 11) is 0. The number of benzene rings is 2. The molecule has 4 nitrogen and oxygen atoms in total. The minimum atomic E-state index is -4.40. The van der Waals surface area contributed by atoms with Crippen molar-refractivity contribution < 1.29 is 18.0 Å². The van der Waals surface area contributed by atoms with Gasteiger partial charge in [0.05, 0.1) is 12.1 Å². The summed E-state index contributed by atoms with van der Waals surface area (Å²) in [5.41, 5.74) is 0.528. The van der Waals surface area contributed by atoms with Crippen molar-refractivity contribution in [3.63, 3.8) is 0 Å². The third-order valence-electron chi connectivity index (χ3n) is 3.42. The number of carbonyl (C=O) groups excluding carboxylic acids is 1. The number of rotatable bonds is 8. The Hall–Kier alpha value is -2.70. The van der Waals surface area contributed by atoms with Crippen molar-refractivity contribution in [3.8, 4) is 0 Å². The summed E-state index contributed by atoms with van der Waals surface area (Å²) in [5.74, 6) is -0.267. The van der Waals surface area contributed by atoms with Crippen LogP contribution in [0.3, 0.4) is 0 Å². The SMILES string of the molecule is O=C(CNc1cccc(C(F)(F)F)c1)NCCCNc1ccccc1. The highest BCUT2D eigenvalue weighted by molar-refractivity contribution is 5.80. The average Bonchev–Trinajstić information content (AvgIpc) is 2.60. The van der Waals surface area contributed by atoms with Crippen molar-refractivity contribution in [2.75, 3.05) is 30.3 Å². The predicted molar refractivity (Wildman–Crippen MR) is 92.5 cm³/mol. The van der Waals surface area contributed by atoms with E-state index in [-0.39, 0.29) is 18.1 Å². The minimum absolute atomic E-state index is 0.0760. The van der Waals surface area contributed by atoms with Gasteiger partial charge in [0.2, 0.25) is 5.91 Å². The zero-order valence-corrected chi connectivity index (χ0v) is 13.6. The number of anilines is 2. The summed E-state index contributed by atoms with van der Waals surface area (Å²) in [4.78, 5) is 11.7. The second-order valence-electron chi connectivity index (χ2n) is 5.43. The Morgan fingerprint density at radius 2 is 1.60 bits per heavy atom. The highest BCUT2D eigenvalue weighted by Crippen LogP contribution is 2.30. The maximum absolute atomic E-state index is 12.6. The van der Waals surface area contributed by atoms with Crippen LogP contribution in [0.1, 0.15) is 12.0 Å². The number of alkyl halides is 3. The lowest BCUT2D eigenvalue weighted by molar-refractivity contribution is -0.137. The van der Waals surface area contributed by atoms with E-state index in [0.29, 0.717) is 13.1 Å². The molecule has 0 aliphatic heterocycles. The van der Waals surface area contributed by atoms with E-state index in [1.807, 2.05) is 30.3 Å². The zero-order chi connectivity index (χ0) is 18.1. The first-order valence-corrected chi connectivity index (χ1v) is 7.92. The molecule has 3 N–H and O–H groups in total. The van der Waals surface area contributed by atoms with Crippen molar-refractivity contribution in [1.29, 1.82) is 0 Å². The second kappa shape index (κ2) is 8.96. The van der Waals surface area contributed by atoms with E-state index in [4.69, 9.17) is 0 Å². The number of hydrogen-bond donors (Lipinski definition) is 3. The summed E-state index contributed by atoms with van der Waals surface area (Å²) in [6.45, 7) is 1.13. The molecule has 7 heteroatoms. The normalized spacial score (nSPS) is 11.0. The Kier molecular flexibility index (Phi) is 6.68. The Balaban J connectivity index is 1.64. The average molecular weight is 351 g/mol. The fraction of sp³-hybridized carbons (Fsp3) is 0.278. The smallest absolute Gasteiger partial charge is 0.385 e. The van der Waals surface area contributed by atoms with E-state index in [9.17, 15) is 18.0 Å². The lowest BCUT2D eigenvalue weighted by Crippen LogP contribution is -2.31. The van der Waals surface area contributed by atoms with Gasteiger partial charge < -0.3 is 16.0 Å². The fourth-order valence-corrected chi connectivity index (χ4v) is 2.16. The number of para-hydroxylation sites is 1. The van der Waals surface area contributed by atoms with Gasteiger partial charge in [-0.05, 0) is 36.8 Å². The van der Waals surface area contributed by atoms with Gasteiger partial charge in [-0.3, -0.25) is 4.79 Å². The first kappa shape index (κ1) is 18.6. The van der Waals surface area contributed by atoms with Gasteiger partial charge in [-0.2, -0.15) is 13.2 Å². The fourth-order valence-electron chi connectivity index (χ4n) is 2.16. The summed E-state index contributed by atoms with van der Waals surface area (Å²) in [5, 5.41) is 8.64. The molecule has 0 spiro atoms. The van der Waals surface area contributed by atoms with Crippen molar-refractivity contribution in [3.05, 3.63) is 60.2 Å². The lowest BCUT2D eigenvalue weighted by atomic mass is 10.2. The molecule has 0 bridgehead atoms. The number of halogens is 3. The van der Waals surface area contributed by atoms with Gasteiger partial charge in [-0.1, -0.05) is 24.3 Å². The van der Waals surface area contributed by atoms with E-state index in [1.54, 1.807) is 0 Å². The molecule has 0 fully saturated rings. The van der Waals surface area contributed by atoms with E-state index in [1.165, 1.54) is 12.1 Å². The van der Waals surface area contributed by atoms with Crippen molar-refractivity contribution in [2.45, 2.75) is 12.6 Å². The first-order valence-electron chi connectivity index (χ1n) is 7.92. The van der Waals surface area contributed by atoms with E-state index in [0.717, 1.165) is 24.2 Å². The number of amides is 1. The summed E-state index contributed by atoms with van der Waals surface area (Å²) >= 11 is 0. The van der Waals surface area contributed by atoms with Crippen LogP contribution in [0.15, 0.2) is 54.6 Å². The summed E-state index contributed by atoms with van der Waals surface area (Å²) in [6.07, 6.45) is -3.66. The zero-order valence-electron chi connectivity index (χ0n) is 13.6. The van der Waals surface area contributed by atoms with Crippen molar-refractivity contribution in [2.24, 2.45) is 0 Å². The van der Waals surface area contributed by atoms with Gasteiger partial charge >= 0.3 is 6.18 Å². The predicted octanol–water partition coefficient (Wildman–Crippen LogP) is 3.74. The Labute approximate surface area is 144 Å². The van der Waals surface area contributed by atoms with E-state index >= 15 is 0 Å². The molecule has 0 atom stereocenters. The number of nitrogens with one attached hydrogen (secondary N) is 3. The van der Waals surface area contributed by atoms with Crippen LogP contribution in [0, 0.1) is 0 Å². The topological polar surface area (TPSA) is 53.2 Å².